The molecule has 0 aromatic heterocycles. The molecule has 1 saturated heterocycles. The Morgan fingerprint density at radius 3 is 2.89 bits per heavy atom. The lowest BCUT2D eigenvalue weighted by molar-refractivity contribution is -0.131. The maximum atomic E-state index is 12.2. The van der Waals surface area contributed by atoms with E-state index in [1.54, 1.807) is 18.2 Å². The van der Waals surface area contributed by atoms with Crippen LogP contribution >= 0.6 is 0 Å². The van der Waals surface area contributed by atoms with E-state index in [2.05, 4.69) is 0 Å². The summed E-state index contributed by atoms with van der Waals surface area (Å²) < 4.78 is 5.57. The molecule has 0 radical (unpaired) electrons. The molecule has 1 atom stereocenters. The van der Waals surface area contributed by atoms with Crippen molar-refractivity contribution >= 4 is 5.91 Å². The van der Waals surface area contributed by atoms with Gasteiger partial charge in [0.15, 0.2) is 0 Å². The number of phenols is 1. The molecule has 1 unspecified atom stereocenters. The van der Waals surface area contributed by atoms with Gasteiger partial charge in [-0.05, 0) is 25.8 Å². The number of amides is 1. The van der Waals surface area contributed by atoms with E-state index in [-0.39, 0.29) is 24.2 Å². The zero-order valence-corrected chi connectivity index (χ0v) is 11.3. The van der Waals surface area contributed by atoms with Crippen LogP contribution in [0.1, 0.15) is 25.3 Å². The van der Waals surface area contributed by atoms with Gasteiger partial charge in [-0.2, -0.15) is 0 Å². The van der Waals surface area contributed by atoms with Gasteiger partial charge in [0.05, 0.1) is 12.5 Å². The van der Waals surface area contributed by atoms with Crippen LogP contribution in [-0.4, -0.2) is 41.7 Å². The monoisotopic (exact) mass is 263 g/mol. The Morgan fingerprint density at radius 1 is 1.47 bits per heavy atom. The van der Waals surface area contributed by atoms with E-state index in [1.165, 1.54) is 0 Å². The number of para-hydroxylation sites is 1. The molecule has 104 valence electrons. The summed E-state index contributed by atoms with van der Waals surface area (Å²) in [6.45, 7) is 4.10. The number of hydrogen-bond donors (Lipinski definition) is 1. The number of carbonyl (C=O) groups is 1. The average molecular weight is 263 g/mol. The number of benzene rings is 1. The van der Waals surface area contributed by atoms with Gasteiger partial charge in [-0.25, -0.2) is 0 Å². The molecule has 1 amide bonds. The van der Waals surface area contributed by atoms with Gasteiger partial charge < -0.3 is 14.7 Å². The van der Waals surface area contributed by atoms with E-state index in [0.717, 1.165) is 19.4 Å². The minimum absolute atomic E-state index is 0.0412. The highest BCUT2D eigenvalue weighted by molar-refractivity contribution is 5.79. The summed E-state index contributed by atoms with van der Waals surface area (Å²) in [6, 6.07) is 6.98. The van der Waals surface area contributed by atoms with E-state index in [9.17, 15) is 9.90 Å². The molecular formula is C15H21NO3. The van der Waals surface area contributed by atoms with Crippen molar-refractivity contribution in [1.82, 2.24) is 4.90 Å². The van der Waals surface area contributed by atoms with Crippen LogP contribution in [0.15, 0.2) is 24.3 Å². The average Bonchev–Trinajstić information content (AvgIpc) is 2.91. The number of likely N-dealkylation sites (N-methyl/N-ethyl adjacent to an activating group) is 1. The first-order chi connectivity index (χ1) is 9.20. The van der Waals surface area contributed by atoms with Gasteiger partial charge in [-0.3, -0.25) is 4.79 Å². The molecule has 0 spiro atoms. The predicted octanol–water partition coefficient (Wildman–Crippen LogP) is 1.96. The molecule has 0 aliphatic carbocycles. The third-order valence-corrected chi connectivity index (χ3v) is 3.52. The topological polar surface area (TPSA) is 49.8 Å². The number of phenolic OH excluding ortho intramolecular Hbond substituents is 1. The second-order valence-corrected chi connectivity index (χ2v) is 4.87. The van der Waals surface area contributed by atoms with Gasteiger partial charge in [-0.15, -0.1) is 0 Å². The van der Waals surface area contributed by atoms with Gasteiger partial charge in [0.1, 0.15) is 5.75 Å². The van der Waals surface area contributed by atoms with E-state index >= 15 is 0 Å². The van der Waals surface area contributed by atoms with E-state index in [4.69, 9.17) is 4.74 Å². The van der Waals surface area contributed by atoms with Crippen LogP contribution in [0.4, 0.5) is 0 Å². The Labute approximate surface area is 114 Å². The normalized spacial score (nSPS) is 18.5. The van der Waals surface area contributed by atoms with Gasteiger partial charge in [0.25, 0.3) is 0 Å². The summed E-state index contributed by atoms with van der Waals surface area (Å²) in [5, 5.41) is 9.70. The van der Waals surface area contributed by atoms with Crippen LogP contribution in [-0.2, 0) is 16.0 Å². The number of nitrogens with zero attached hydrogens (tertiary/aromatic N) is 1. The van der Waals surface area contributed by atoms with Crippen LogP contribution < -0.4 is 0 Å². The molecule has 1 fully saturated rings. The molecule has 1 N–H and O–H groups in total. The molecule has 4 heteroatoms. The maximum absolute atomic E-state index is 12.2. The van der Waals surface area contributed by atoms with Crippen molar-refractivity contribution in [3.8, 4) is 5.75 Å². The first-order valence-electron chi connectivity index (χ1n) is 6.87. The highest BCUT2D eigenvalue weighted by Gasteiger charge is 2.22. The number of ether oxygens (including phenoxy) is 1. The van der Waals surface area contributed by atoms with Crippen molar-refractivity contribution in [2.45, 2.75) is 32.3 Å². The zero-order chi connectivity index (χ0) is 13.7. The Kier molecular flexibility index (Phi) is 4.80. The lowest BCUT2D eigenvalue weighted by Crippen LogP contribution is -2.38. The SMILES string of the molecule is CCN(CC1CCCO1)C(=O)Cc1ccccc1O. The fraction of sp³-hybridized carbons (Fsp3) is 0.533. The first kappa shape index (κ1) is 13.9. The maximum Gasteiger partial charge on any atom is 0.227 e. The Balaban J connectivity index is 1.94. The van der Waals surface area contributed by atoms with Crippen molar-refractivity contribution in [1.29, 1.82) is 0 Å². The molecule has 1 aromatic carbocycles. The second kappa shape index (κ2) is 6.57. The Morgan fingerprint density at radius 2 is 2.26 bits per heavy atom. The van der Waals surface area contributed by atoms with Gasteiger partial charge >= 0.3 is 0 Å². The van der Waals surface area contributed by atoms with Crippen LogP contribution in [0.2, 0.25) is 0 Å². The highest BCUT2D eigenvalue weighted by Crippen LogP contribution is 2.18. The fourth-order valence-electron chi connectivity index (χ4n) is 2.38. The summed E-state index contributed by atoms with van der Waals surface area (Å²) in [7, 11) is 0. The Hall–Kier alpha value is -1.55. The minimum atomic E-state index is 0.0412. The van der Waals surface area contributed by atoms with Gasteiger partial charge in [0.2, 0.25) is 5.91 Å². The van der Waals surface area contributed by atoms with Crippen molar-refractivity contribution in [3.05, 3.63) is 29.8 Å². The van der Waals surface area contributed by atoms with E-state index < -0.39 is 0 Å². The van der Waals surface area contributed by atoms with Gasteiger partial charge in [0, 0.05) is 25.3 Å². The third kappa shape index (κ3) is 3.70. The molecular weight excluding hydrogens is 242 g/mol. The standard InChI is InChI=1S/C15H21NO3/c1-2-16(11-13-7-5-9-19-13)15(18)10-12-6-3-4-8-14(12)17/h3-4,6,8,13,17H,2,5,7,9-11H2,1H3. The molecule has 1 aliphatic rings. The molecule has 0 bridgehead atoms. The summed E-state index contributed by atoms with van der Waals surface area (Å²) in [6.07, 6.45) is 2.53. The third-order valence-electron chi connectivity index (χ3n) is 3.52. The minimum Gasteiger partial charge on any atom is -0.508 e. The zero-order valence-electron chi connectivity index (χ0n) is 11.3. The summed E-state index contributed by atoms with van der Waals surface area (Å²) >= 11 is 0. The predicted molar refractivity (Wildman–Crippen MR) is 73.0 cm³/mol. The largest absolute Gasteiger partial charge is 0.508 e. The summed E-state index contributed by atoms with van der Waals surface area (Å²) in [5.41, 5.74) is 0.679. The first-order valence-corrected chi connectivity index (χ1v) is 6.87. The lowest BCUT2D eigenvalue weighted by atomic mass is 10.1. The van der Waals surface area contributed by atoms with Crippen LogP contribution in [0, 0.1) is 0 Å². The van der Waals surface area contributed by atoms with Crippen LogP contribution in [0.5, 0.6) is 5.75 Å². The number of aromatic hydroxyl groups is 1. The number of hydrogen-bond acceptors (Lipinski definition) is 3. The summed E-state index contributed by atoms with van der Waals surface area (Å²) in [5.74, 6) is 0.225. The number of carbonyl (C=O) groups excluding carboxylic acids is 1. The van der Waals surface area contributed by atoms with Crippen molar-refractivity contribution in [3.63, 3.8) is 0 Å². The molecule has 1 heterocycles. The summed E-state index contributed by atoms with van der Waals surface area (Å²) in [4.78, 5) is 14.1. The van der Waals surface area contributed by atoms with Crippen LogP contribution in [0.3, 0.4) is 0 Å². The molecule has 0 saturated carbocycles. The van der Waals surface area contributed by atoms with E-state index in [1.807, 2.05) is 17.9 Å². The fourth-order valence-corrected chi connectivity index (χ4v) is 2.38. The highest BCUT2D eigenvalue weighted by atomic mass is 16.5. The van der Waals surface area contributed by atoms with Crippen LogP contribution in [0.25, 0.3) is 0 Å². The van der Waals surface area contributed by atoms with Crippen molar-refractivity contribution in [2.24, 2.45) is 0 Å². The smallest absolute Gasteiger partial charge is 0.227 e. The Bertz CT molecular complexity index is 427. The van der Waals surface area contributed by atoms with Crippen molar-refractivity contribution < 1.29 is 14.6 Å². The lowest BCUT2D eigenvalue weighted by Gasteiger charge is -2.24. The molecule has 4 nitrogen and oxygen atoms in total. The molecule has 1 aromatic rings. The number of rotatable bonds is 5. The van der Waals surface area contributed by atoms with Gasteiger partial charge in [-0.1, -0.05) is 18.2 Å². The molecule has 19 heavy (non-hydrogen) atoms. The molecule has 1 aliphatic heterocycles. The molecule has 2 rings (SSSR count). The quantitative estimate of drug-likeness (QED) is 0.883. The second-order valence-electron chi connectivity index (χ2n) is 4.87. The van der Waals surface area contributed by atoms with Crippen molar-refractivity contribution in [2.75, 3.05) is 19.7 Å². The van der Waals surface area contributed by atoms with E-state index in [0.29, 0.717) is 18.7 Å².